The minimum Gasteiger partial charge on any atom is -0.481 e. The first kappa shape index (κ1) is 99.4. The molecule has 0 radical (unpaired) electrons. The number of aromatic nitrogens is 1. The first-order chi connectivity index (χ1) is 55.7. The second-order valence-corrected chi connectivity index (χ2v) is 27.3. The number of carbonyl (C=O) groups excluding carboxylic acids is 16. The Kier molecular flexibility index (Phi) is 43.7. The minimum atomic E-state index is -1.86. The number of aromatic amines is 1. The number of rotatable bonds is 53. The van der Waals surface area contributed by atoms with E-state index in [4.69, 9.17) is 44.3 Å². The number of carboxylic acid groups (broad SMARTS) is 3. The maximum absolute atomic E-state index is 14.2. The van der Waals surface area contributed by atoms with Gasteiger partial charge in [-0.25, -0.2) is 4.79 Å². The summed E-state index contributed by atoms with van der Waals surface area (Å²) in [4.78, 5) is 252. The third-order valence-corrected chi connectivity index (χ3v) is 18.0. The van der Waals surface area contributed by atoms with Crippen LogP contribution in [0.5, 0.6) is 0 Å². The van der Waals surface area contributed by atoms with Crippen LogP contribution in [0.4, 0.5) is 0 Å². The molecule has 1 aromatic carbocycles. The molecule has 33 N–H and O–H groups in total. The van der Waals surface area contributed by atoms with Crippen molar-refractivity contribution in [2.45, 2.75) is 157 Å². The lowest BCUT2D eigenvalue weighted by atomic mass is 10.0. The number of H-pyrrole nitrogens is 1. The lowest BCUT2D eigenvalue weighted by Gasteiger charge is -2.28. The van der Waals surface area contributed by atoms with E-state index in [0.29, 0.717) is 22.9 Å². The standard InChI is InChI=1S/C67H105N27O22S2/c1-32(86-58(109)38(12-6-18-76-66(71)72)88-61(112)42(22-53(103)104)90-55(106)33(2)85-49(98)27-83-56(107)36(68)10-5-17-75-65(69)70)54(105)82-26-48(97)80-24-46(95)79-25-47(96)81-29-51(100)94-20-8-14-45(94)63(114)89-39(13-7-19-77-67(73)74)59(110)93-44(31-118)62(113)91-41(21-34-23-78-37-11-4-3-9-35(34)37)60(111)92-43(30-117)57(108)84-28-50(99)87-40(64(115)116)15-16-52(101)102/h3-4,9,11,23,32-33,36,38-45,78,117-118H,5-8,10,12-22,24-31,68H2,1-2H3,(H,79,95)(H,80,97)(H,81,96)(H,82,105)(H,83,107)(H,84,108)(H,85,98)(H,86,109)(H,87,99)(H,88,112)(H,89,114)(H,90,106)(H,91,113)(H,92,111)(H,93,110)(H,101,102)(H,103,104)(H,115,116)(H4,69,70,75)(H4,71,72,76)(H4,73,74,77)/t32-,33-,36-,38-,39-,40-,41-,42-,43-,44-,45-/m0/s1. The molecule has 2 heterocycles. The second kappa shape index (κ2) is 51.9. The Morgan fingerprint density at radius 1 is 0.466 bits per heavy atom. The van der Waals surface area contributed by atoms with Gasteiger partial charge in [0.2, 0.25) is 94.5 Å². The summed E-state index contributed by atoms with van der Waals surface area (Å²) in [5.41, 5.74) is 23.0. The van der Waals surface area contributed by atoms with Crippen molar-refractivity contribution in [3.8, 4) is 0 Å². The van der Waals surface area contributed by atoms with Crippen molar-refractivity contribution in [1.29, 1.82) is 16.2 Å². The molecule has 0 aliphatic carbocycles. The number of fused-ring (bicyclic) bond motifs is 1. The highest BCUT2D eigenvalue weighted by atomic mass is 32.1. The molecule has 0 unspecified atom stereocenters. The zero-order chi connectivity index (χ0) is 88.3. The molecule has 0 saturated carbocycles. The van der Waals surface area contributed by atoms with Crippen LogP contribution in [0.25, 0.3) is 10.9 Å². The molecule has 0 spiro atoms. The van der Waals surface area contributed by atoms with E-state index < -0.39 is 255 Å². The summed E-state index contributed by atoms with van der Waals surface area (Å²) < 4.78 is 0. The van der Waals surface area contributed by atoms with Crippen LogP contribution in [0.1, 0.15) is 90.0 Å². The number of hydrogen-bond acceptors (Lipinski definition) is 25. The fourth-order valence-electron chi connectivity index (χ4n) is 11.0. The lowest BCUT2D eigenvalue weighted by Crippen LogP contribution is -2.60. The van der Waals surface area contributed by atoms with Crippen LogP contribution < -0.4 is 119 Å². The Morgan fingerprint density at radius 3 is 1.46 bits per heavy atom. The fourth-order valence-corrected chi connectivity index (χ4v) is 11.5. The van der Waals surface area contributed by atoms with Crippen LogP contribution >= 0.6 is 25.3 Å². The van der Waals surface area contributed by atoms with Gasteiger partial charge in [-0.2, -0.15) is 25.3 Å². The van der Waals surface area contributed by atoms with Gasteiger partial charge in [0.1, 0.15) is 60.4 Å². The fraction of sp³-hybridized carbons (Fsp3) is 0.552. The molecule has 0 bridgehead atoms. The van der Waals surface area contributed by atoms with Crippen molar-refractivity contribution in [2.75, 3.05) is 77.0 Å². The van der Waals surface area contributed by atoms with E-state index >= 15 is 0 Å². The summed E-state index contributed by atoms with van der Waals surface area (Å²) >= 11 is 8.47. The van der Waals surface area contributed by atoms with Crippen LogP contribution in [-0.2, 0) is 97.5 Å². The minimum absolute atomic E-state index is 0.00947. The molecule has 51 heteroatoms. The Hall–Kier alpha value is -12.8. The number of amides is 16. The Bertz CT molecular complexity index is 3970. The van der Waals surface area contributed by atoms with Crippen molar-refractivity contribution in [2.24, 2.45) is 22.9 Å². The molecule has 118 heavy (non-hydrogen) atoms. The maximum atomic E-state index is 14.2. The molecule has 1 aliphatic heterocycles. The van der Waals surface area contributed by atoms with Gasteiger partial charge in [-0.3, -0.25) is 103 Å². The molecular formula is C67H105N27O22S2. The van der Waals surface area contributed by atoms with E-state index in [0.717, 1.165) is 4.90 Å². The zero-order valence-electron chi connectivity index (χ0n) is 64.5. The third-order valence-electron chi connectivity index (χ3n) is 17.2. The lowest BCUT2D eigenvalue weighted by molar-refractivity contribution is -0.143. The number of hydrogen-bond donors (Lipinski definition) is 31. The number of para-hydroxylation sites is 1. The Balaban J connectivity index is 1.58. The first-order valence-corrected chi connectivity index (χ1v) is 38.1. The molecule has 2 aromatic rings. The number of benzene rings is 1. The molecule has 1 aromatic heterocycles. The predicted molar refractivity (Wildman–Crippen MR) is 423 cm³/mol. The molecule has 1 saturated heterocycles. The topological polar surface area (TPSA) is 796 Å². The van der Waals surface area contributed by atoms with Crippen molar-refractivity contribution in [1.82, 2.24) is 106 Å². The first-order valence-electron chi connectivity index (χ1n) is 36.8. The number of carboxylic acids is 3. The third kappa shape index (κ3) is 37.6. The molecule has 11 atom stereocenters. The number of aliphatic carboxylic acids is 3. The van der Waals surface area contributed by atoms with Crippen LogP contribution in [0.15, 0.2) is 30.5 Å². The van der Waals surface area contributed by atoms with Gasteiger partial charge in [0.05, 0.1) is 51.7 Å². The number of nitrogens with two attached hydrogens (primary N) is 4. The monoisotopic (exact) mass is 1700 g/mol. The number of carbonyl (C=O) groups is 19. The van der Waals surface area contributed by atoms with E-state index in [1.807, 2.05) is 0 Å². The summed E-state index contributed by atoms with van der Waals surface area (Å²) in [5, 5.41) is 93.3. The Labute approximate surface area is 685 Å². The average molecular weight is 1700 g/mol. The van der Waals surface area contributed by atoms with Gasteiger partial charge in [0, 0.05) is 67.6 Å². The zero-order valence-corrected chi connectivity index (χ0v) is 66.2. The summed E-state index contributed by atoms with van der Waals surface area (Å²) in [6, 6.07) is -9.10. The van der Waals surface area contributed by atoms with Crippen LogP contribution in [-0.4, -0.2) is 299 Å². The molecular weight excluding hydrogens is 1600 g/mol. The number of likely N-dealkylation sites (tertiary alicyclic amines) is 1. The van der Waals surface area contributed by atoms with Gasteiger partial charge in [-0.1, -0.05) is 18.2 Å². The van der Waals surface area contributed by atoms with Crippen molar-refractivity contribution >= 4 is 166 Å². The number of nitrogens with one attached hydrogen (secondary N) is 22. The van der Waals surface area contributed by atoms with Gasteiger partial charge in [0.25, 0.3) is 0 Å². The number of thiol groups is 2. The molecule has 1 aliphatic rings. The van der Waals surface area contributed by atoms with E-state index in [9.17, 15) is 101 Å². The van der Waals surface area contributed by atoms with Gasteiger partial charge in [-0.15, -0.1) is 0 Å². The smallest absolute Gasteiger partial charge is 0.326 e. The van der Waals surface area contributed by atoms with Crippen LogP contribution in [0.2, 0.25) is 0 Å². The van der Waals surface area contributed by atoms with E-state index in [1.54, 1.807) is 30.5 Å². The van der Waals surface area contributed by atoms with Gasteiger partial charge in [-0.05, 0) is 83.3 Å². The summed E-state index contributed by atoms with van der Waals surface area (Å²) in [6.45, 7) is -1.70. The van der Waals surface area contributed by atoms with E-state index in [1.165, 1.54) is 13.8 Å². The molecule has 49 nitrogen and oxygen atoms in total. The van der Waals surface area contributed by atoms with Crippen molar-refractivity contribution < 1.29 is 106 Å². The number of nitrogens with zero attached hydrogens (tertiary/aromatic N) is 1. The highest BCUT2D eigenvalue weighted by Crippen LogP contribution is 2.21. The van der Waals surface area contributed by atoms with Gasteiger partial charge >= 0.3 is 17.9 Å². The normalized spacial score (nSPS) is 14.6. The predicted octanol–water partition coefficient (Wildman–Crippen LogP) is -11.8. The van der Waals surface area contributed by atoms with E-state index in [2.05, 4.69) is 126 Å². The highest BCUT2D eigenvalue weighted by molar-refractivity contribution is 7.80. The SMILES string of the molecule is C[C@H](NC(=O)CNC(=O)[C@@H](N)CCCNC(=N)N)C(=O)N[C@@H](CC(=O)O)C(=O)N[C@@H](CCCNC(=N)N)C(=O)N[C@@H](C)C(=O)NCC(=O)NCC(=O)NCC(=O)NCC(=O)N1CCC[C@H]1C(=O)N[C@@H](CCCNC(=N)N)C(=O)N[C@@H](CS)C(=O)N[C@@H](Cc1c[nH]c2ccccc12)C(=O)N[C@@H](CS)C(=O)NCC(=O)N[C@@H](CCC(=O)O)C(=O)O. The molecule has 1 fully saturated rings. The molecule has 16 amide bonds. The van der Waals surface area contributed by atoms with E-state index in [-0.39, 0.29) is 89.3 Å². The van der Waals surface area contributed by atoms with Gasteiger partial charge in [0.15, 0.2) is 17.9 Å². The summed E-state index contributed by atoms with van der Waals surface area (Å²) in [6.07, 6.45) is -0.0832. The van der Waals surface area contributed by atoms with Crippen LogP contribution in [0, 0.1) is 16.2 Å². The highest BCUT2D eigenvalue weighted by Gasteiger charge is 2.38. The second-order valence-electron chi connectivity index (χ2n) is 26.6. The van der Waals surface area contributed by atoms with Crippen molar-refractivity contribution in [3.63, 3.8) is 0 Å². The molecule has 652 valence electrons. The largest absolute Gasteiger partial charge is 0.481 e. The number of guanidine groups is 3. The Morgan fingerprint density at radius 2 is 0.907 bits per heavy atom. The summed E-state index contributed by atoms with van der Waals surface area (Å²) in [5.74, 6) is -21.3. The van der Waals surface area contributed by atoms with Crippen molar-refractivity contribution in [3.05, 3.63) is 36.0 Å². The van der Waals surface area contributed by atoms with Gasteiger partial charge < -0.3 is 144 Å². The van der Waals surface area contributed by atoms with Crippen LogP contribution in [0.3, 0.4) is 0 Å². The average Bonchev–Trinajstić information content (AvgIpc) is 1.66. The quantitative estimate of drug-likeness (QED) is 0.0127. The molecule has 3 rings (SSSR count). The maximum Gasteiger partial charge on any atom is 0.326 e. The summed E-state index contributed by atoms with van der Waals surface area (Å²) in [7, 11) is 0.